The summed E-state index contributed by atoms with van der Waals surface area (Å²) >= 11 is 0. The number of sulfonamides is 1. The van der Waals surface area contributed by atoms with Crippen molar-refractivity contribution in [2.45, 2.75) is 4.90 Å². The lowest BCUT2D eigenvalue weighted by Gasteiger charge is -2.26. The maximum atomic E-state index is 14.3. The molecule has 0 spiro atoms. The van der Waals surface area contributed by atoms with Crippen LogP contribution in [-0.4, -0.2) is 44.9 Å². The van der Waals surface area contributed by atoms with Crippen LogP contribution < -0.4 is 5.32 Å². The predicted octanol–water partition coefficient (Wildman–Crippen LogP) is 3.25. The summed E-state index contributed by atoms with van der Waals surface area (Å²) in [7, 11) is -4.05. The van der Waals surface area contributed by atoms with Gasteiger partial charge in [-0.05, 0) is 41.1 Å². The van der Waals surface area contributed by atoms with E-state index in [4.69, 9.17) is 4.74 Å². The molecular weight excluding hydrogens is 395 g/mol. The largest absolute Gasteiger partial charge is 0.379 e. The summed E-state index contributed by atoms with van der Waals surface area (Å²) in [5.41, 5.74) is 0.627. The van der Waals surface area contributed by atoms with E-state index in [-0.39, 0.29) is 31.9 Å². The lowest BCUT2D eigenvalue weighted by atomic mass is 10.1. The van der Waals surface area contributed by atoms with Crippen molar-refractivity contribution < 1.29 is 22.3 Å². The first-order valence-corrected chi connectivity index (χ1v) is 10.6. The third-order valence-electron chi connectivity index (χ3n) is 4.79. The molecule has 0 radical (unpaired) electrons. The van der Waals surface area contributed by atoms with Gasteiger partial charge in [0.25, 0.3) is 5.91 Å². The lowest BCUT2D eigenvalue weighted by Crippen LogP contribution is -2.41. The molecule has 1 aliphatic heterocycles. The molecule has 3 aromatic carbocycles. The first-order chi connectivity index (χ1) is 13.9. The van der Waals surface area contributed by atoms with Crippen molar-refractivity contribution in [3.8, 4) is 0 Å². The van der Waals surface area contributed by atoms with Crippen LogP contribution in [0.4, 0.5) is 10.1 Å². The number of rotatable bonds is 4. The van der Waals surface area contributed by atoms with Crippen LogP contribution in [0.2, 0.25) is 0 Å². The van der Waals surface area contributed by atoms with Gasteiger partial charge in [0.15, 0.2) is 0 Å². The second kappa shape index (κ2) is 7.90. The fraction of sp³-hybridized carbons (Fsp3) is 0.190. The van der Waals surface area contributed by atoms with E-state index in [0.29, 0.717) is 5.69 Å². The molecule has 6 nitrogen and oxygen atoms in total. The topological polar surface area (TPSA) is 75.7 Å². The predicted molar refractivity (Wildman–Crippen MR) is 108 cm³/mol. The molecule has 0 aliphatic carbocycles. The molecule has 150 valence electrons. The quantitative estimate of drug-likeness (QED) is 0.711. The normalized spacial score (nSPS) is 15.3. The molecule has 0 unspecified atom stereocenters. The highest BCUT2D eigenvalue weighted by Crippen LogP contribution is 2.23. The number of hydrogen-bond acceptors (Lipinski definition) is 4. The molecule has 29 heavy (non-hydrogen) atoms. The van der Waals surface area contributed by atoms with Crippen molar-refractivity contribution in [2.75, 3.05) is 31.6 Å². The molecule has 4 rings (SSSR count). The van der Waals surface area contributed by atoms with E-state index in [1.54, 1.807) is 6.07 Å². The number of halogens is 1. The van der Waals surface area contributed by atoms with E-state index in [0.717, 1.165) is 22.9 Å². The highest BCUT2D eigenvalue weighted by molar-refractivity contribution is 7.89. The van der Waals surface area contributed by atoms with E-state index < -0.39 is 26.6 Å². The van der Waals surface area contributed by atoms with E-state index in [1.165, 1.54) is 10.4 Å². The number of carbonyl (C=O) groups excluding carboxylic acids is 1. The summed E-state index contributed by atoms with van der Waals surface area (Å²) < 4.78 is 46.2. The van der Waals surface area contributed by atoms with Gasteiger partial charge in [0, 0.05) is 24.3 Å². The Labute approximate surface area is 168 Å². The smallest absolute Gasteiger partial charge is 0.255 e. The molecule has 0 saturated carbocycles. The Bertz CT molecular complexity index is 1170. The van der Waals surface area contributed by atoms with Gasteiger partial charge < -0.3 is 10.1 Å². The van der Waals surface area contributed by atoms with Crippen molar-refractivity contribution in [3.63, 3.8) is 0 Å². The van der Waals surface area contributed by atoms with Crippen molar-refractivity contribution in [1.82, 2.24) is 4.31 Å². The van der Waals surface area contributed by atoms with Crippen LogP contribution in [0.5, 0.6) is 0 Å². The monoisotopic (exact) mass is 414 g/mol. The lowest BCUT2D eigenvalue weighted by molar-refractivity contribution is 0.0729. The van der Waals surface area contributed by atoms with Crippen LogP contribution in [0.3, 0.4) is 0 Å². The molecule has 1 fully saturated rings. The maximum absolute atomic E-state index is 14.3. The summed E-state index contributed by atoms with van der Waals surface area (Å²) in [4.78, 5) is 12.1. The minimum Gasteiger partial charge on any atom is -0.379 e. The fourth-order valence-electron chi connectivity index (χ4n) is 3.24. The zero-order valence-electron chi connectivity index (χ0n) is 15.5. The van der Waals surface area contributed by atoms with Gasteiger partial charge in [-0.2, -0.15) is 4.31 Å². The van der Waals surface area contributed by atoms with Crippen LogP contribution in [0.1, 0.15) is 10.4 Å². The minimum absolute atomic E-state index is 0.0615. The number of amides is 1. The summed E-state index contributed by atoms with van der Waals surface area (Å²) in [6.45, 7) is 0.802. The molecule has 1 amide bonds. The molecule has 0 bridgehead atoms. The van der Waals surface area contributed by atoms with Gasteiger partial charge in [0.05, 0.1) is 13.2 Å². The number of fused-ring (bicyclic) bond motifs is 1. The average molecular weight is 414 g/mol. The van der Waals surface area contributed by atoms with Crippen LogP contribution in [-0.2, 0) is 14.8 Å². The molecule has 0 aromatic heterocycles. The summed E-state index contributed by atoms with van der Waals surface area (Å²) in [6, 6.07) is 16.5. The number of carbonyl (C=O) groups is 1. The third kappa shape index (κ3) is 4.00. The van der Waals surface area contributed by atoms with Gasteiger partial charge in [-0.1, -0.05) is 30.3 Å². The number of benzene rings is 3. The van der Waals surface area contributed by atoms with Crippen molar-refractivity contribution in [2.24, 2.45) is 0 Å². The van der Waals surface area contributed by atoms with E-state index >= 15 is 0 Å². The Balaban J connectivity index is 1.61. The van der Waals surface area contributed by atoms with Gasteiger partial charge in [-0.3, -0.25) is 4.79 Å². The summed E-state index contributed by atoms with van der Waals surface area (Å²) in [5, 5.41) is 4.73. The SMILES string of the molecule is O=C(Nc1ccc2ccccc2c1)c1ccc(F)c(S(=O)(=O)N2CCOCC2)c1. The Morgan fingerprint density at radius 3 is 2.45 bits per heavy atom. The maximum Gasteiger partial charge on any atom is 0.255 e. The van der Waals surface area contributed by atoms with E-state index in [2.05, 4.69) is 5.32 Å². The van der Waals surface area contributed by atoms with Crippen molar-refractivity contribution in [3.05, 3.63) is 72.0 Å². The molecule has 1 saturated heterocycles. The Morgan fingerprint density at radius 2 is 1.69 bits per heavy atom. The molecule has 1 heterocycles. The zero-order chi connectivity index (χ0) is 20.4. The van der Waals surface area contributed by atoms with Gasteiger partial charge in [0.1, 0.15) is 10.7 Å². The highest BCUT2D eigenvalue weighted by atomic mass is 32.2. The highest BCUT2D eigenvalue weighted by Gasteiger charge is 2.29. The van der Waals surface area contributed by atoms with Crippen LogP contribution >= 0.6 is 0 Å². The van der Waals surface area contributed by atoms with Crippen LogP contribution in [0, 0.1) is 5.82 Å². The second-order valence-corrected chi connectivity index (χ2v) is 8.58. The number of ether oxygens (including phenoxy) is 1. The average Bonchev–Trinajstić information content (AvgIpc) is 2.74. The first kappa shape index (κ1) is 19.5. The first-order valence-electron chi connectivity index (χ1n) is 9.13. The van der Waals surface area contributed by atoms with Gasteiger partial charge in [0.2, 0.25) is 10.0 Å². The number of hydrogen-bond donors (Lipinski definition) is 1. The Hall–Kier alpha value is -2.81. The number of nitrogens with zero attached hydrogens (tertiary/aromatic N) is 1. The molecule has 8 heteroatoms. The van der Waals surface area contributed by atoms with Crippen LogP contribution in [0.15, 0.2) is 65.6 Å². The molecule has 0 atom stereocenters. The molecule has 1 N–H and O–H groups in total. The number of nitrogens with one attached hydrogen (secondary N) is 1. The molecule has 3 aromatic rings. The fourth-order valence-corrected chi connectivity index (χ4v) is 4.74. The van der Waals surface area contributed by atoms with Gasteiger partial charge in [-0.15, -0.1) is 0 Å². The Morgan fingerprint density at radius 1 is 0.966 bits per heavy atom. The van der Waals surface area contributed by atoms with Gasteiger partial charge in [-0.25, -0.2) is 12.8 Å². The number of anilines is 1. The number of morpholine rings is 1. The van der Waals surface area contributed by atoms with Crippen molar-refractivity contribution in [1.29, 1.82) is 0 Å². The molecule has 1 aliphatic rings. The standard InChI is InChI=1S/C21H19FN2O4S/c22-19-8-6-17(14-20(19)29(26,27)24-9-11-28-12-10-24)21(25)23-18-7-5-15-3-1-2-4-16(15)13-18/h1-8,13-14H,9-12H2,(H,23,25). The van der Waals surface area contributed by atoms with Crippen molar-refractivity contribution >= 4 is 32.4 Å². The molecular formula is C21H19FN2O4S. The van der Waals surface area contributed by atoms with Gasteiger partial charge >= 0.3 is 0 Å². The summed E-state index contributed by atoms with van der Waals surface area (Å²) in [6.07, 6.45) is 0. The zero-order valence-corrected chi connectivity index (χ0v) is 16.3. The summed E-state index contributed by atoms with van der Waals surface area (Å²) in [5.74, 6) is -1.41. The minimum atomic E-state index is -4.05. The third-order valence-corrected chi connectivity index (χ3v) is 6.70. The second-order valence-electron chi connectivity index (χ2n) is 6.68. The van der Waals surface area contributed by atoms with Crippen LogP contribution in [0.25, 0.3) is 10.8 Å². The van der Waals surface area contributed by atoms with E-state index in [9.17, 15) is 17.6 Å². The van der Waals surface area contributed by atoms with E-state index in [1.807, 2.05) is 36.4 Å². The Kier molecular flexibility index (Phi) is 5.31.